The van der Waals surface area contributed by atoms with Gasteiger partial charge in [0.15, 0.2) is 0 Å². The normalized spacial score (nSPS) is 10.8. The second kappa shape index (κ2) is 2.49. The van der Waals surface area contributed by atoms with Crippen molar-refractivity contribution in [2.75, 3.05) is 0 Å². The van der Waals surface area contributed by atoms with E-state index in [0.29, 0.717) is 10.7 Å². The maximum atomic E-state index is 11.3. The molecule has 0 aliphatic heterocycles. The van der Waals surface area contributed by atoms with Crippen LogP contribution in [0.4, 0.5) is 0 Å². The largest absolute Gasteiger partial charge is 0.296 e. The van der Waals surface area contributed by atoms with Crippen LogP contribution in [0, 0.1) is 6.92 Å². The van der Waals surface area contributed by atoms with Gasteiger partial charge in [0.05, 0.1) is 0 Å². The van der Waals surface area contributed by atoms with Crippen molar-refractivity contribution in [2.24, 2.45) is 0 Å². The summed E-state index contributed by atoms with van der Waals surface area (Å²) in [5.74, 6) is 0. The first-order valence-corrected chi connectivity index (χ1v) is 4.26. The molecular weight excluding hydrogens is 200 g/mol. The third-order valence-electron chi connectivity index (χ3n) is 1.32. The molecule has 0 aromatic carbocycles. The third kappa shape index (κ3) is 0.997. The molecule has 0 amide bonds. The summed E-state index contributed by atoms with van der Waals surface area (Å²) >= 11 is 6.71. The van der Waals surface area contributed by atoms with Crippen LogP contribution < -0.4 is 5.56 Å². The molecule has 0 aliphatic carbocycles. The van der Waals surface area contributed by atoms with E-state index in [4.69, 9.17) is 11.6 Å². The van der Waals surface area contributed by atoms with Crippen LogP contribution in [-0.2, 0) is 0 Å². The minimum atomic E-state index is -0.275. The van der Waals surface area contributed by atoms with Crippen LogP contribution in [0.1, 0.15) is 5.69 Å². The summed E-state index contributed by atoms with van der Waals surface area (Å²) < 4.78 is 1.43. The number of halogens is 1. The first kappa shape index (κ1) is 7.63. The van der Waals surface area contributed by atoms with E-state index in [9.17, 15) is 4.79 Å². The second-order valence-corrected chi connectivity index (χ2v) is 3.68. The highest BCUT2D eigenvalue weighted by Crippen LogP contribution is 2.14. The highest BCUT2D eigenvalue weighted by molar-refractivity contribution is 7.20. The molecule has 0 N–H and O–H groups in total. The molecule has 2 aromatic heterocycles. The van der Waals surface area contributed by atoms with Gasteiger partial charge >= 0.3 is 0 Å². The summed E-state index contributed by atoms with van der Waals surface area (Å²) in [5.41, 5.74) is 0.0395. The fraction of sp³-hybridized carbons (Fsp3) is 0.200. The van der Waals surface area contributed by atoms with E-state index in [1.165, 1.54) is 0 Å². The van der Waals surface area contributed by atoms with E-state index in [1.807, 2.05) is 0 Å². The molecule has 0 aliphatic rings. The Kier molecular flexibility index (Phi) is 1.59. The number of rotatable bonds is 0. The number of aryl methyl sites for hydroxylation is 1. The Morgan fingerprint density at radius 2 is 2.25 bits per heavy atom. The van der Waals surface area contributed by atoms with Gasteiger partial charge in [-0.25, -0.2) is 0 Å². The van der Waals surface area contributed by atoms with Gasteiger partial charge in [-0.2, -0.15) is 4.52 Å². The van der Waals surface area contributed by atoms with Crippen LogP contribution in [0.5, 0.6) is 0 Å². The van der Waals surface area contributed by atoms with Gasteiger partial charge in [-0.15, -0.1) is 15.3 Å². The molecular formula is C5H3ClN4OS. The van der Waals surface area contributed by atoms with Gasteiger partial charge in [0.2, 0.25) is 9.43 Å². The molecule has 0 radical (unpaired) electrons. The molecule has 0 saturated heterocycles. The average Bonchev–Trinajstić information content (AvgIpc) is 2.39. The Labute approximate surface area is 75.6 Å². The molecule has 2 rings (SSSR count). The van der Waals surface area contributed by atoms with Gasteiger partial charge in [-0.3, -0.25) is 4.79 Å². The standard InChI is InChI=1S/C5H3ClN4OS/c1-2-3(11)10-5(8-7-2)12-4(6)9-10/h1H3. The zero-order valence-corrected chi connectivity index (χ0v) is 7.56. The van der Waals surface area contributed by atoms with Crippen molar-refractivity contribution in [1.29, 1.82) is 0 Å². The van der Waals surface area contributed by atoms with Gasteiger partial charge in [0.1, 0.15) is 5.69 Å². The first-order chi connectivity index (χ1) is 5.68. The molecule has 12 heavy (non-hydrogen) atoms. The summed E-state index contributed by atoms with van der Waals surface area (Å²) in [7, 11) is 0. The van der Waals surface area contributed by atoms with Crippen LogP contribution >= 0.6 is 22.9 Å². The van der Waals surface area contributed by atoms with Crippen molar-refractivity contribution < 1.29 is 0 Å². The smallest absolute Gasteiger partial charge is 0.265 e. The van der Waals surface area contributed by atoms with Crippen molar-refractivity contribution in [2.45, 2.75) is 6.92 Å². The Morgan fingerprint density at radius 1 is 1.50 bits per heavy atom. The Balaban J connectivity index is 2.99. The second-order valence-electron chi connectivity index (χ2n) is 2.14. The lowest BCUT2D eigenvalue weighted by atomic mass is 10.5. The number of nitrogens with zero attached hydrogens (tertiary/aromatic N) is 4. The lowest BCUT2D eigenvalue weighted by Crippen LogP contribution is -2.19. The van der Waals surface area contributed by atoms with Gasteiger partial charge in [0.25, 0.3) is 5.56 Å². The van der Waals surface area contributed by atoms with Crippen molar-refractivity contribution in [3.63, 3.8) is 0 Å². The fourth-order valence-electron chi connectivity index (χ4n) is 0.769. The maximum Gasteiger partial charge on any atom is 0.296 e. The van der Waals surface area contributed by atoms with Gasteiger partial charge in [-0.1, -0.05) is 11.3 Å². The fourth-order valence-corrected chi connectivity index (χ4v) is 1.62. The maximum absolute atomic E-state index is 11.3. The summed E-state index contributed by atoms with van der Waals surface area (Å²) in [4.78, 5) is 11.7. The van der Waals surface area contributed by atoms with Gasteiger partial charge in [0, 0.05) is 0 Å². The molecule has 7 heteroatoms. The molecule has 0 unspecified atom stereocenters. The number of hydrogen-bond acceptors (Lipinski definition) is 5. The highest BCUT2D eigenvalue weighted by Gasteiger charge is 2.06. The van der Waals surface area contributed by atoms with Crippen molar-refractivity contribution in [1.82, 2.24) is 19.8 Å². The zero-order valence-electron chi connectivity index (χ0n) is 5.98. The van der Waals surface area contributed by atoms with Crippen molar-refractivity contribution in [3.8, 4) is 0 Å². The number of aromatic nitrogens is 4. The minimum Gasteiger partial charge on any atom is -0.265 e. The predicted octanol–water partition coefficient (Wildman–Crippen LogP) is 0.508. The molecule has 0 bridgehead atoms. The summed E-state index contributed by atoms with van der Waals surface area (Å²) in [6, 6.07) is 0. The quantitative estimate of drug-likeness (QED) is 0.625. The van der Waals surface area contributed by atoms with Gasteiger partial charge in [-0.05, 0) is 18.5 Å². The van der Waals surface area contributed by atoms with E-state index in [2.05, 4.69) is 15.3 Å². The minimum absolute atomic E-state index is 0.275. The molecule has 2 aromatic rings. The van der Waals surface area contributed by atoms with E-state index < -0.39 is 0 Å². The number of fused-ring (bicyclic) bond motifs is 1. The topological polar surface area (TPSA) is 60.1 Å². The van der Waals surface area contributed by atoms with E-state index in [0.717, 1.165) is 15.9 Å². The average molecular weight is 203 g/mol. The Bertz CT molecular complexity index is 490. The van der Waals surface area contributed by atoms with Crippen LogP contribution in [-0.4, -0.2) is 19.8 Å². The highest BCUT2D eigenvalue weighted by atomic mass is 35.5. The van der Waals surface area contributed by atoms with Crippen LogP contribution in [0.15, 0.2) is 4.79 Å². The molecule has 0 atom stereocenters. The van der Waals surface area contributed by atoms with Gasteiger partial charge < -0.3 is 0 Å². The van der Waals surface area contributed by atoms with E-state index in [1.54, 1.807) is 6.92 Å². The number of hydrogen-bond donors (Lipinski definition) is 0. The summed E-state index contributed by atoms with van der Waals surface area (Å²) in [6.07, 6.45) is 0. The van der Waals surface area contributed by atoms with Crippen molar-refractivity contribution in [3.05, 3.63) is 20.5 Å². The van der Waals surface area contributed by atoms with Crippen LogP contribution in [0.3, 0.4) is 0 Å². The lowest BCUT2D eigenvalue weighted by molar-refractivity contribution is 0.827. The van der Waals surface area contributed by atoms with Crippen LogP contribution in [0.25, 0.3) is 4.96 Å². The Hall–Kier alpha value is -1.01. The molecule has 0 spiro atoms. The molecule has 0 saturated carbocycles. The zero-order chi connectivity index (χ0) is 8.72. The Morgan fingerprint density at radius 3 is 3.00 bits per heavy atom. The van der Waals surface area contributed by atoms with E-state index >= 15 is 0 Å². The lowest BCUT2D eigenvalue weighted by Gasteiger charge is -1.88. The monoisotopic (exact) mass is 202 g/mol. The summed E-state index contributed by atoms with van der Waals surface area (Å²) in [5, 5.41) is 11.2. The van der Waals surface area contributed by atoms with E-state index in [-0.39, 0.29) is 10.0 Å². The SMILES string of the molecule is Cc1nnc2sc(Cl)nn2c1=O. The predicted molar refractivity (Wildman–Crippen MR) is 44.7 cm³/mol. The molecule has 2 heterocycles. The van der Waals surface area contributed by atoms with Crippen molar-refractivity contribution >= 4 is 27.9 Å². The first-order valence-electron chi connectivity index (χ1n) is 3.07. The summed E-state index contributed by atoms with van der Waals surface area (Å²) in [6.45, 7) is 1.58. The van der Waals surface area contributed by atoms with Crippen LogP contribution in [0.2, 0.25) is 4.47 Å². The third-order valence-corrected chi connectivity index (χ3v) is 2.32. The molecule has 0 fully saturated rings. The molecule has 5 nitrogen and oxygen atoms in total. The molecule has 62 valence electrons.